The molecule has 1 N–H and O–H groups in total. The fourth-order valence-electron chi connectivity index (χ4n) is 3.49. The second kappa shape index (κ2) is 6.54. The largest absolute Gasteiger partial charge is 0.497 e. The van der Waals surface area contributed by atoms with E-state index < -0.39 is 5.54 Å². The first-order valence-electron chi connectivity index (χ1n) is 8.70. The predicted octanol–water partition coefficient (Wildman–Crippen LogP) is 5.75. The number of nitrogens with one attached hydrogen (secondary N) is 1. The monoisotopic (exact) mass is 363 g/mol. The minimum absolute atomic E-state index is 0.274. The maximum absolute atomic E-state index is 13.4. The van der Waals surface area contributed by atoms with Crippen LogP contribution in [-0.2, 0) is 5.54 Å². The Labute approximate surface area is 157 Å². The minimum Gasteiger partial charge on any atom is -0.497 e. The Morgan fingerprint density at radius 2 is 1.48 bits per heavy atom. The van der Waals surface area contributed by atoms with E-state index in [1.165, 1.54) is 24.3 Å². The SMILES string of the molecule is COc1ccc2c(c1)NC(C)(c1ccc(F)cc1)C=C2c1ccc(F)cc1. The standard InChI is InChI=1S/C23H19F2NO/c1-23(16-5-9-18(25)10-6-16)14-21(15-3-7-17(24)8-4-15)20-12-11-19(27-2)13-22(20)26-23/h3-14,26H,1-2H3. The number of methoxy groups -OCH3 is 1. The molecule has 0 saturated carbocycles. The second-order valence-corrected chi connectivity index (χ2v) is 6.81. The molecule has 0 aliphatic carbocycles. The van der Waals surface area contributed by atoms with Gasteiger partial charge in [0.15, 0.2) is 0 Å². The Balaban J connectivity index is 1.90. The first-order chi connectivity index (χ1) is 13.0. The highest BCUT2D eigenvalue weighted by atomic mass is 19.1. The molecule has 1 heterocycles. The maximum Gasteiger partial charge on any atom is 0.123 e. The number of anilines is 1. The van der Waals surface area contributed by atoms with Crippen molar-refractivity contribution in [1.82, 2.24) is 0 Å². The van der Waals surface area contributed by atoms with Gasteiger partial charge >= 0.3 is 0 Å². The molecule has 3 aromatic rings. The molecule has 1 aliphatic heterocycles. The van der Waals surface area contributed by atoms with Gasteiger partial charge in [-0.2, -0.15) is 0 Å². The molecule has 4 heteroatoms. The van der Waals surface area contributed by atoms with Crippen molar-refractivity contribution in [3.8, 4) is 5.75 Å². The second-order valence-electron chi connectivity index (χ2n) is 6.81. The summed E-state index contributed by atoms with van der Waals surface area (Å²) in [6, 6.07) is 18.7. The molecule has 0 aromatic heterocycles. The molecular weight excluding hydrogens is 344 g/mol. The van der Waals surface area contributed by atoms with Gasteiger partial charge in [0.1, 0.15) is 17.4 Å². The van der Waals surface area contributed by atoms with Gasteiger partial charge in [0.05, 0.1) is 12.6 Å². The molecule has 2 nitrogen and oxygen atoms in total. The third-order valence-electron chi connectivity index (χ3n) is 4.94. The summed E-state index contributed by atoms with van der Waals surface area (Å²) >= 11 is 0. The molecular formula is C23H19F2NO. The predicted molar refractivity (Wildman–Crippen MR) is 104 cm³/mol. The third kappa shape index (κ3) is 3.19. The van der Waals surface area contributed by atoms with Gasteiger partial charge in [0.2, 0.25) is 0 Å². The van der Waals surface area contributed by atoms with Crippen molar-refractivity contribution < 1.29 is 13.5 Å². The molecule has 0 fully saturated rings. The molecule has 27 heavy (non-hydrogen) atoms. The van der Waals surface area contributed by atoms with Gasteiger partial charge in [0, 0.05) is 17.3 Å². The molecule has 3 aromatic carbocycles. The molecule has 1 unspecified atom stereocenters. The third-order valence-corrected chi connectivity index (χ3v) is 4.94. The molecule has 1 aliphatic rings. The lowest BCUT2D eigenvalue weighted by Crippen LogP contribution is -2.33. The molecule has 0 saturated heterocycles. The lowest BCUT2D eigenvalue weighted by Gasteiger charge is -2.36. The van der Waals surface area contributed by atoms with Crippen molar-refractivity contribution in [1.29, 1.82) is 0 Å². The number of rotatable bonds is 3. The van der Waals surface area contributed by atoms with E-state index in [-0.39, 0.29) is 11.6 Å². The highest BCUT2D eigenvalue weighted by molar-refractivity contribution is 5.90. The van der Waals surface area contributed by atoms with Crippen molar-refractivity contribution in [3.05, 3.63) is 101 Å². The van der Waals surface area contributed by atoms with Crippen molar-refractivity contribution in [2.45, 2.75) is 12.5 Å². The first-order valence-corrected chi connectivity index (χ1v) is 8.70. The molecule has 0 amide bonds. The lowest BCUT2D eigenvalue weighted by molar-refractivity contribution is 0.415. The molecule has 0 spiro atoms. The maximum atomic E-state index is 13.4. The van der Waals surface area contributed by atoms with Gasteiger partial charge in [-0.15, -0.1) is 0 Å². The topological polar surface area (TPSA) is 21.3 Å². The highest BCUT2D eigenvalue weighted by Crippen LogP contribution is 2.43. The van der Waals surface area contributed by atoms with Crippen LogP contribution in [0.2, 0.25) is 0 Å². The summed E-state index contributed by atoms with van der Waals surface area (Å²) in [5.74, 6) is 0.190. The van der Waals surface area contributed by atoms with E-state index in [9.17, 15) is 8.78 Å². The Bertz CT molecular complexity index is 1010. The van der Waals surface area contributed by atoms with Gasteiger partial charge in [-0.25, -0.2) is 8.78 Å². The van der Waals surface area contributed by atoms with E-state index in [2.05, 4.69) is 11.4 Å². The van der Waals surface area contributed by atoms with Gasteiger partial charge < -0.3 is 10.1 Å². The van der Waals surface area contributed by atoms with Crippen LogP contribution in [0.25, 0.3) is 5.57 Å². The fraction of sp³-hybridized carbons (Fsp3) is 0.130. The summed E-state index contributed by atoms with van der Waals surface area (Å²) in [5.41, 5.74) is 4.18. The van der Waals surface area contributed by atoms with Gasteiger partial charge in [-0.1, -0.05) is 24.3 Å². The van der Waals surface area contributed by atoms with Crippen LogP contribution < -0.4 is 10.1 Å². The minimum atomic E-state index is -0.559. The van der Waals surface area contributed by atoms with Crippen LogP contribution in [-0.4, -0.2) is 7.11 Å². The number of benzene rings is 3. The summed E-state index contributed by atoms with van der Waals surface area (Å²) < 4.78 is 32.2. The number of hydrogen-bond acceptors (Lipinski definition) is 2. The van der Waals surface area contributed by atoms with Gasteiger partial charge in [0.25, 0.3) is 0 Å². The zero-order valence-electron chi connectivity index (χ0n) is 15.1. The smallest absolute Gasteiger partial charge is 0.123 e. The molecule has 1 atom stereocenters. The van der Waals surface area contributed by atoms with Crippen LogP contribution in [0.1, 0.15) is 23.6 Å². The van der Waals surface area contributed by atoms with Crippen molar-refractivity contribution in [2.24, 2.45) is 0 Å². The summed E-state index contributed by atoms with van der Waals surface area (Å²) in [6.07, 6.45) is 2.10. The Hall–Kier alpha value is -3.14. The number of ether oxygens (including phenoxy) is 1. The summed E-state index contributed by atoms with van der Waals surface area (Å²) in [7, 11) is 1.63. The van der Waals surface area contributed by atoms with E-state index in [1.807, 2.05) is 25.1 Å². The van der Waals surface area contributed by atoms with E-state index in [0.29, 0.717) is 0 Å². The number of hydrogen-bond donors (Lipinski definition) is 1. The molecule has 4 rings (SSSR count). The van der Waals surface area contributed by atoms with Crippen LogP contribution in [0.15, 0.2) is 72.8 Å². The van der Waals surface area contributed by atoms with E-state index in [0.717, 1.165) is 33.7 Å². The van der Waals surface area contributed by atoms with E-state index in [4.69, 9.17) is 4.74 Å². The van der Waals surface area contributed by atoms with Crippen LogP contribution in [0.3, 0.4) is 0 Å². The highest BCUT2D eigenvalue weighted by Gasteiger charge is 2.31. The molecule has 136 valence electrons. The van der Waals surface area contributed by atoms with Crippen LogP contribution in [0, 0.1) is 11.6 Å². The van der Waals surface area contributed by atoms with Crippen molar-refractivity contribution in [2.75, 3.05) is 12.4 Å². The quantitative estimate of drug-likeness (QED) is 0.640. The van der Waals surface area contributed by atoms with Gasteiger partial charge in [-0.05, 0) is 66.1 Å². The number of halogens is 2. The van der Waals surface area contributed by atoms with Gasteiger partial charge in [-0.3, -0.25) is 0 Å². The normalized spacial score (nSPS) is 18.3. The summed E-state index contributed by atoms with van der Waals surface area (Å²) in [4.78, 5) is 0. The van der Waals surface area contributed by atoms with Crippen LogP contribution in [0.5, 0.6) is 5.75 Å². The number of fused-ring (bicyclic) bond motifs is 1. The van der Waals surface area contributed by atoms with Crippen molar-refractivity contribution in [3.63, 3.8) is 0 Å². The molecule has 0 bridgehead atoms. The summed E-state index contributed by atoms with van der Waals surface area (Å²) in [6.45, 7) is 2.03. The Morgan fingerprint density at radius 3 is 2.11 bits per heavy atom. The lowest BCUT2D eigenvalue weighted by atomic mass is 9.82. The zero-order chi connectivity index (χ0) is 19.0. The van der Waals surface area contributed by atoms with Crippen LogP contribution >= 0.6 is 0 Å². The van der Waals surface area contributed by atoms with Crippen molar-refractivity contribution >= 4 is 11.3 Å². The average molecular weight is 363 g/mol. The fourth-order valence-corrected chi connectivity index (χ4v) is 3.49. The Morgan fingerprint density at radius 1 is 0.852 bits per heavy atom. The average Bonchev–Trinajstić information content (AvgIpc) is 2.68. The van der Waals surface area contributed by atoms with E-state index in [1.54, 1.807) is 31.4 Å². The van der Waals surface area contributed by atoms with E-state index >= 15 is 0 Å². The Kier molecular flexibility index (Phi) is 4.19. The van der Waals surface area contributed by atoms with Crippen LogP contribution in [0.4, 0.5) is 14.5 Å². The molecule has 0 radical (unpaired) electrons. The zero-order valence-corrected chi connectivity index (χ0v) is 15.1. The summed E-state index contributed by atoms with van der Waals surface area (Å²) in [5, 5.41) is 3.54. The first kappa shape index (κ1) is 17.3.